The van der Waals surface area contributed by atoms with Crippen LogP contribution in [0.1, 0.15) is 78.8 Å². The first kappa shape index (κ1) is 18.6. The Morgan fingerprint density at radius 3 is 2.24 bits per heavy atom. The molecule has 0 spiro atoms. The normalized spacial score (nSPS) is 18.3. The standard InChI is InChI=1S/C28H31N/c1-17-12-18(2)14-23(13-17)27-24-16-22(20-8-10-28(4,5)11-9-20)15-21-7-6-19(3)26(29-27)25(21)24/h6-7,12-16,20H,8-11H2,1-5H3. The van der Waals surface area contributed by atoms with Gasteiger partial charge in [-0.1, -0.05) is 49.2 Å². The van der Waals surface area contributed by atoms with Crippen molar-refractivity contribution >= 4 is 22.2 Å². The topological polar surface area (TPSA) is 12.4 Å². The summed E-state index contributed by atoms with van der Waals surface area (Å²) in [4.78, 5) is 5.17. The number of nitrogens with zero attached hydrogens (tertiary/aromatic N) is 1. The molecule has 0 atom stereocenters. The minimum Gasteiger partial charge on any atom is -0.247 e. The summed E-state index contributed by atoms with van der Waals surface area (Å²) in [6.45, 7) is 11.4. The molecule has 0 amide bonds. The number of benzene rings is 3. The van der Waals surface area contributed by atoms with Crippen molar-refractivity contribution in [2.24, 2.45) is 10.4 Å². The van der Waals surface area contributed by atoms with Gasteiger partial charge in [-0.05, 0) is 92.5 Å². The van der Waals surface area contributed by atoms with E-state index in [4.69, 9.17) is 4.99 Å². The maximum atomic E-state index is 5.17. The van der Waals surface area contributed by atoms with E-state index >= 15 is 0 Å². The molecule has 1 nitrogen and oxygen atoms in total. The zero-order valence-corrected chi connectivity index (χ0v) is 18.4. The third-order valence-corrected chi connectivity index (χ3v) is 7.10. The predicted octanol–water partition coefficient (Wildman–Crippen LogP) is 7.93. The average molecular weight is 382 g/mol. The van der Waals surface area contributed by atoms with Gasteiger partial charge >= 0.3 is 0 Å². The van der Waals surface area contributed by atoms with Crippen molar-refractivity contribution in [1.82, 2.24) is 0 Å². The fourth-order valence-electron chi connectivity index (χ4n) is 5.38. The number of hydrogen-bond acceptors (Lipinski definition) is 1. The molecular formula is C28H31N. The molecule has 1 aliphatic carbocycles. The largest absolute Gasteiger partial charge is 0.247 e. The fourth-order valence-corrected chi connectivity index (χ4v) is 5.38. The summed E-state index contributed by atoms with van der Waals surface area (Å²) in [5, 5.41) is 2.70. The molecule has 0 radical (unpaired) electrons. The molecule has 148 valence electrons. The van der Waals surface area contributed by atoms with E-state index in [0.717, 1.165) is 5.71 Å². The Morgan fingerprint density at radius 2 is 1.55 bits per heavy atom. The maximum Gasteiger partial charge on any atom is 0.0789 e. The smallest absolute Gasteiger partial charge is 0.0789 e. The second-order valence-corrected chi connectivity index (χ2v) is 10.2. The lowest BCUT2D eigenvalue weighted by molar-refractivity contribution is 0.224. The molecule has 0 saturated heterocycles. The lowest BCUT2D eigenvalue weighted by atomic mass is 9.71. The van der Waals surface area contributed by atoms with Gasteiger partial charge in [0.1, 0.15) is 0 Å². The molecule has 0 N–H and O–H groups in total. The zero-order valence-electron chi connectivity index (χ0n) is 18.4. The highest BCUT2D eigenvalue weighted by Gasteiger charge is 2.29. The third kappa shape index (κ3) is 3.21. The highest BCUT2D eigenvalue weighted by molar-refractivity contribution is 6.26. The van der Waals surface area contributed by atoms with Gasteiger partial charge in [0, 0.05) is 16.5 Å². The molecule has 1 heteroatoms. The van der Waals surface area contributed by atoms with E-state index in [1.165, 1.54) is 75.5 Å². The average Bonchev–Trinajstić information content (AvgIpc) is 3.05. The molecule has 0 unspecified atom stereocenters. The fraction of sp³-hybridized carbons (Fsp3) is 0.393. The van der Waals surface area contributed by atoms with Crippen molar-refractivity contribution in [2.45, 2.75) is 66.2 Å². The van der Waals surface area contributed by atoms with Gasteiger partial charge in [-0.3, -0.25) is 0 Å². The third-order valence-electron chi connectivity index (χ3n) is 7.10. The number of aliphatic imine (C=N–C) groups is 1. The van der Waals surface area contributed by atoms with Crippen LogP contribution in [0.3, 0.4) is 0 Å². The molecule has 1 aliphatic heterocycles. The minimum atomic E-state index is 0.500. The van der Waals surface area contributed by atoms with E-state index in [-0.39, 0.29) is 0 Å². The van der Waals surface area contributed by atoms with Gasteiger partial charge in [0.2, 0.25) is 0 Å². The Hall–Kier alpha value is -2.41. The molecule has 1 fully saturated rings. The number of hydrogen-bond donors (Lipinski definition) is 0. The molecule has 1 heterocycles. The van der Waals surface area contributed by atoms with E-state index in [1.54, 1.807) is 0 Å². The summed E-state index contributed by atoms with van der Waals surface area (Å²) in [7, 11) is 0. The molecule has 2 aliphatic rings. The summed E-state index contributed by atoms with van der Waals surface area (Å²) in [6, 6.07) is 16.3. The van der Waals surface area contributed by atoms with E-state index < -0.39 is 0 Å². The van der Waals surface area contributed by atoms with E-state index in [2.05, 4.69) is 77.1 Å². The van der Waals surface area contributed by atoms with Crippen molar-refractivity contribution in [3.05, 3.63) is 75.8 Å². The van der Waals surface area contributed by atoms with Gasteiger partial charge in [-0.15, -0.1) is 0 Å². The summed E-state index contributed by atoms with van der Waals surface area (Å²) in [5.74, 6) is 0.675. The van der Waals surface area contributed by atoms with Crippen molar-refractivity contribution in [3.63, 3.8) is 0 Å². The molecule has 3 aromatic rings. The molecule has 0 aromatic heterocycles. The SMILES string of the molecule is Cc1cc(C)cc(C2=Nc3c(C)ccc4cc(C5CCC(C)(C)CC5)cc2c34)c1. The van der Waals surface area contributed by atoms with Gasteiger partial charge in [0.25, 0.3) is 0 Å². The van der Waals surface area contributed by atoms with Crippen LogP contribution in [-0.4, -0.2) is 5.71 Å². The highest BCUT2D eigenvalue weighted by atomic mass is 14.8. The van der Waals surface area contributed by atoms with E-state index in [1.807, 2.05) is 0 Å². The van der Waals surface area contributed by atoms with Crippen molar-refractivity contribution in [1.29, 1.82) is 0 Å². The van der Waals surface area contributed by atoms with Gasteiger partial charge in [-0.2, -0.15) is 0 Å². The Labute approximate surface area is 174 Å². The first-order valence-electron chi connectivity index (χ1n) is 11.1. The van der Waals surface area contributed by atoms with Crippen LogP contribution >= 0.6 is 0 Å². The lowest BCUT2D eigenvalue weighted by Crippen LogP contribution is -2.20. The summed E-state index contributed by atoms with van der Waals surface area (Å²) >= 11 is 0. The van der Waals surface area contributed by atoms with Crippen molar-refractivity contribution in [3.8, 4) is 0 Å². The monoisotopic (exact) mass is 381 g/mol. The first-order valence-corrected chi connectivity index (χ1v) is 11.1. The van der Waals surface area contributed by atoms with Crippen LogP contribution < -0.4 is 0 Å². The van der Waals surface area contributed by atoms with E-state index in [9.17, 15) is 0 Å². The molecule has 5 rings (SSSR count). The summed E-state index contributed by atoms with van der Waals surface area (Å²) < 4.78 is 0. The molecule has 0 bridgehead atoms. The van der Waals surface area contributed by atoms with E-state index in [0.29, 0.717) is 11.3 Å². The molecular weight excluding hydrogens is 350 g/mol. The van der Waals surface area contributed by atoms with Gasteiger partial charge in [0.05, 0.1) is 11.4 Å². The van der Waals surface area contributed by atoms with Gasteiger partial charge < -0.3 is 0 Å². The molecule has 29 heavy (non-hydrogen) atoms. The highest BCUT2D eigenvalue weighted by Crippen LogP contribution is 2.46. The van der Waals surface area contributed by atoms with Crippen LogP contribution in [0, 0.1) is 26.2 Å². The van der Waals surface area contributed by atoms with Crippen molar-refractivity contribution < 1.29 is 0 Å². The second-order valence-electron chi connectivity index (χ2n) is 10.2. The first-order chi connectivity index (χ1) is 13.8. The molecule has 3 aromatic carbocycles. The second kappa shape index (κ2) is 6.55. The predicted molar refractivity (Wildman–Crippen MR) is 125 cm³/mol. The number of rotatable bonds is 2. The van der Waals surface area contributed by atoms with Crippen LogP contribution in [0.2, 0.25) is 0 Å². The Morgan fingerprint density at radius 1 is 0.862 bits per heavy atom. The van der Waals surface area contributed by atoms with Crippen LogP contribution in [0.15, 0.2) is 47.5 Å². The van der Waals surface area contributed by atoms with Crippen LogP contribution in [0.5, 0.6) is 0 Å². The minimum absolute atomic E-state index is 0.500. The van der Waals surface area contributed by atoms with Crippen LogP contribution in [-0.2, 0) is 0 Å². The van der Waals surface area contributed by atoms with Crippen LogP contribution in [0.4, 0.5) is 5.69 Å². The summed E-state index contributed by atoms with van der Waals surface area (Å²) in [6.07, 6.45) is 5.24. The zero-order chi connectivity index (χ0) is 20.3. The summed E-state index contributed by atoms with van der Waals surface area (Å²) in [5.41, 5.74) is 10.8. The van der Waals surface area contributed by atoms with Gasteiger partial charge in [0.15, 0.2) is 0 Å². The Bertz CT molecular complexity index is 1130. The Balaban J connectivity index is 1.66. The quantitative estimate of drug-likeness (QED) is 0.334. The lowest BCUT2D eigenvalue weighted by Gasteiger charge is -2.34. The van der Waals surface area contributed by atoms with Crippen molar-refractivity contribution in [2.75, 3.05) is 0 Å². The number of aryl methyl sites for hydroxylation is 3. The maximum absolute atomic E-state index is 5.17. The van der Waals surface area contributed by atoms with Gasteiger partial charge in [-0.25, -0.2) is 4.99 Å². The molecule has 1 saturated carbocycles. The Kier molecular flexibility index (Phi) is 4.21. The van der Waals surface area contributed by atoms with Crippen LogP contribution in [0.25, 0.3) is 10.8 Å².